The summed E-state index contributed by atoms with van der Waals surface area (Å²) < 4.78 is 76.1. The van der Waals surface area contributed by atoms with Crippen molar-refractivity contribution in [2.75, 3.05) is 0 Å². The number of fused-ring (bicyclic) bond motifs is 36. The van der Waals surface area contributed by atoms with Crippen LogP contribution in [0.15, 0.2) is 486 Å². The van der Waals surface area contributed by atoms with Gasteiger partial charge in [-0.3, -0.25) is 13.7 Å². The molecule has 13 aromatic heterocycles. The Kier molecular flexibility index (Phi) is 18.2. The van der Waals surface area contributed by atoms with E-state index in [0.717, 1.165) is 192 Å². The number of hydrogen-bond acceptors (Lipinski definition) is 12. The van der Waals surface area contributed by atoms with Crippen LogP contribution in [-0.2, 0) is 0 Å². The maximum Gasteiger partial charge on any atom is 0.247 e. The third-order valence-corrected chi connectivity index (χ3v) is 32.8. The predicted octanol–water partition coefficient (Wildman–Crippen LogP) is 37.3. The molecule has 700 valence electrons. The first kappa shape index (κ1) is 80.0. The van der Waals surface area contributed by atoms with Crippen LogP contribution in [-0.4, -0.2) is 48.2 Å². The van der Waals surface area contributed by atoms with Crippen molar-refractivity contribution in [3.8, 4) is 68.3 Å². The third kappa shape index (κ3) is 13.3. The quantitative estimate of drug-likeness (QED) is 0.146. The number of rotatable bonds is 8. The first-order valence-electron chi connectivity index (χ1n) is 52.3. The van der Waals surface area contributed by atoms with Crippen molar-refractivity contribution >= 4 is 270 Å². The molecule has 0 saturated heterocycles. The molecular weight excluding hydrogens is 1890 g/mol. The zero-order valence-corrected chi connectivity index (χ0v) is 82.0. The van der Waals surface area contributed by atoms with E-state index in [1.165, 1.54) is 82.7 Å². The van der Waals surface area contributed by atoms with Crippen molar-refractivity contribution in [2.45, 2.75) is 0 Å². The van der Waals surface area contributed by atoms with Gasteiger partial charge in [0.15, 0.2) is 5.82 Å². The first-order valence-corrected chi connectivity index (χ1v) is 52.2. The molecule has 0 fully saturated rings. The van der Waals surface area contributed by atoms with E-state index in [0.29, 0.717) is 23.2 Å². The molecule has 0 atom stereocenters. The SMILES string of the molecule is [2H]c1c([2H])c([2H])c(-c2cccc(-n3c4ccccc4c4c5c(ccc43)oc3ccccc35)c2)c([2H])c1[2H].c1ccc(-c2nc(-n3c4ccccc4c4c5c(ccc43)sc3ccccc35)nc3c2sc2ccccc23)cc1.c1ccc(-c2nc3oc4ccccc4c3nc2-n2c3ccccc3c3c4c(ccc32)sc2ccccc24)cc1.c1ccc2c(-c3nc(-n4c5ccccc5c5c6c(ccc54)oc4ccccc46)nc4ccccc34)cccc2c1. The molecule has 21 aromatic carbocycles. The molecule has 0 aliphatic rings. The Hall–Kier alpha value is -19.4. The van der Waals surface area contributed by atoms with Crippen LogP contribution in [0.3, 0.4) is 0 Å². The van der Waals surface area contributed by atoms with E-state index < -0.39 is 6.04 Å². The molecule has 0 spiro atoms. The van der Waals surface area contributed by atoms with Gasteiger partial charge in [0.25, 0.3) is 0 Å². The lowest BCUT2D eigenvalue weighted by Gasteiger charge is -2.13. The van der Waals surface area contributed by atoms with Crippen molar-refractivity contribution in [1.82, 2.24) is 48.2 Å². The summed E-state index contributed by atoms with van der Waals surface area (Å²) in [4.78, 5) is 31.5. The van der Waals surface area contributed by atoms with Gasteiger partial charge in [0.05, 0.1) is 78.1 Å². The highest BCUT2D eigenvalue weighted by Gasteiger charge is 2.30. The van der Waals surface area contributed by atoms with Crippen molar-refractivity contribution in [3.05, 3.63) is 473 Å². The summed E-state index contributed by atoms with van der Waals surface area (Å²) in [6.07, 6.45) is 0. The number of aromatic nitrogens is 10. The second-order valence-corrected chi connectivity index (χ2v) is 40.8. The van der Waals surface area contributed by atoms with Crippen LogP contribution in [0, 0.1) is 0 Å². The molecule has 0 bridgehead atoms. The number of furan rings is 3. The van der Waals surface area contributed by atoms with Crippen LogP contribution >= 0.6 is 34.0 Å². The summed E-state index contributed by atoms with van der Waals surface area (Å²) in [5.41, 5.74) is 23.5. The van der Waals surface area contributed by atoms with Crippen molar-refractivity contribution in [2.24, 2.45) is 0 Å². The largest absolute Gasteiger partial charge is 0.456 e. The second-order valence-electron chi connectivity index (χ2n) is 37.6. The zero-order valence-electron chi connectivity index (χ0n) is 84.6. The van der Waals surface area contributed by atoms with Gasteiger partial charge in [0.2, 0.25) is 17.6 Å². The van der Waals surface area contributed by atoms with E-state index in [2.05, 4.69) is 346 Å². The molecular formula is C134H78N10O3S3. The molecule has 16 heteroatoms. The molecule has 0 saturated carbocycles. The molecule has 150 heavy (non-hydrogen) atoms. The number of thiophene rings is 3. The Morgan fingerprint density at radius 2 is 0.640 bits per heavy atom. The Bertz CT molecular complexity index is 11900. The monoisotopic (exact) mass is 1980 g/mol. The van der Waals surface area contributed by atoms with Crippen LogP contribution in [0.5, 0.6) is 0 Å². The molecule has 0 aliphatic carbocycles. The van der Waals surface area contributed by atoms with Crippen LogP contribution in [0.1, 0.15) is 6.85 Å². The van der Waals surface area contributed by atoms with Crippen LogP contribution in [0.4, 0.5) is 0 Å². The van der Waals surface area contributed by atoms with E-state index in [9.17, 15) is 0 Å². The molecule has 34 aromatic rings. The Morgan fingerprint density at radius 3 is 1.23 bits per heavy atom. The molecule has 34 rings (SSSR count). The number of para-hydroxylation sites is 8. The minimum Gasteiger partial charge on any atom is -0.456 e. The van der Waals surface area contributed by atoms with Gasteiger partial charge in [-0.2, -0.15) is 0 Å². The van der Waals surface area contributed by atoms with E-state index in [-0.39, 0.29) is 29.7 Å². The highest BCUT2D eigenvalue weighted by molar-refractivity contribution is 7.27. The topological polar surface area (TPSA) is 136 Å². The summed E-state index contributed by atoms with van der Waals surface area (Å²) in [6.45, 7) is 0. The fourth-order valence-electron chi connectivity index (χ4n) is 23.0. The Morgan fingerprint density at radius 1 is 0.220 bits per heavy atom. The minimum atomic E-state index is -0.395. The van der Waals surface area contributed by atoms with Crippen molar-refractivity contribution < 1.29 is 20.1 Å². The Balaban J connectivity index is 0.0000000920. The highest BCUT2D eigenvalue weighted by atomic mass is 32.1. The van der Waals surface area contributed by atoms with E-state index in [1.807, 2.05) is 132 Å². The molecule has 0 amide bonds. The molecule has 13 heterocycles. The van der Waals surface area contributed by atoms with Gasteiger partial charge < -0.3 is 17.8 Å². The van der Waals surface area contributed by atoms with Gasteiger partial charge >= 0.3 is 0 Å². The second kappa shape index (κ2) is 34.1. The maximum atomic E-state index is 8.44. The van der Waals surface area contributed by atoms with Crippen molar-refractivity contribution in [3.63, 3.8) is 0 Å². The fourth-order valence-corrected chi connectivity index (χ4v) is 26.3. The Labute approximate surface area is 872 Å². The van der Waals surface area contributed by atoms with Gasteiger partial charge in [-0.25, -0.2) is 29.9 Å². The van der Waals surface area contributed by atoms with Crippen LogP contribution < -0.4 is 0 Å². The average Bonchev–Trinajstić information content (AvgIpc) is 1.56. The molecule has 0 aliphatic heterocycles. The van der Waals surface area contributed by atoms with Crippen molar-refractivity contribution in [1.29, 1.82) is 0 Å². The highest BCUT2D eigenvalue weighted by Crippen LogP contribution is 2.51. The zero-order chi connectivity index (χ0) is 103. The lowest BCUT2D eigenvalue weighted by atomic mass is 9.99. The van der Waals surface area contributed by atoms with Crippen LogP contribution in [0.25, 0.3) is 304 Å². The molecule has 13 nitrogen and oxygen atoms in total. The van der Waals surface area contributed by atoms with Crippen LogP contribution in [0.2, 0.25) is 0 Å². The van der Waals surface area contributed by atoms with Gasteiger partial charge in [0, 0.05) is 148 Å². The minimum absolute atomic E-state index is 0.192. The summed E-state index contributed by atoms with van der Waals surface area (Å²) in [5.74, 6) is 2.15. The molecule has 0 N–H and O–H groups in total. The first-order chi connectivity index (χ1) is 76.5. The average molecular weight is 1980 g/mol. The smallest absolute Gasteiger partial charge is 0.247 e. The fraction of sp³-hybridized carbons (Fsp3) is 0. The predicted molar refractivity (Wildman–Crippen MR) is 627 cm³/mol. The maximum absolute atomic E-state index is 8.44. The summed E-state index contributed by atoms with van der Waals surface area (Å²) in [6, 6.07) is 151. The van der Waals surface area contributed by atoms with Gasteiger partial charge in [-0.1, -0.05) is 340 Å². The third-order valence-electron chi connectivity index (χ3n) is 29.3. The molecule has 0 radical (unpaired) electrons. The number of hydrogen-bond donors (Lipinski definition) is 0. The van der Waals surface area contributed by atoms with E-state index >= 15 is 0 Å². The summed E-state index contributed by atoms with van der Waals surface area (Å²) in [7, 11) is 0. The summed E-state index contributed by atoms with van der Waals surface area (Å²) >= 11 is 5.47. The molecule has 0 unspecified atom stereocenters. The van der Waals surface area contributed by atoms with E-state index in [4.69, 9.17) is 50.0 Å². The number of benzene rings is 21. The van der Waals surface area contributed by atoms with Gasteiger partial charge in [-0.05, 0) is 155 Å². The summed E-state index contributed by atoms with van der Waals surface area (Å²) in [5, 5.41) is 24.5. The number of nitrogens with zero attached hydrogens (tertiary/aromatic N) is 10. The lowest BCUT2D eigenvalue weighted by Crippen LogP contribution is -2.03. The normalized spacial score (nSPS) is 12.5. The van der Waals surface area contributed by atoms with Gasteiger partial charge in [0.1, 0.15) is 39.1 Å². The van der Waals surface area contributed by atoms with E-state index in [1.54, 1.807) is 17.4 Å². The standard InChI is InChI=1S/C36H21N3O.C34H19N3OS.C34H19N3S2.C30H19NO/c1-2-12-23-22(10-1)11-9-16-24(23)35-25-13-3-6-17-28(25)37-36(38-35)39-29-18-7-4-14-26(29)33-30(39)20-21-32-34(33)27-15-5-8-19-31(27)40-32;1-2-10-20(11-3-1)31-33(35-32-22-13-5-8-16-26(22)38-34(32)36-31)37-24-15-7-4-12-21(24)29-25(37)18-19-28-30(29)23-14-6-9-17-27(23)39-28;1-2-10-20(11-3-1)31-33-32(23-14-6-9-17-27(23)39-33)36-34(35-31)37-24-15-7-4-12-21(24)29-25(37)18-19-28-30(29)22-13-5-8-16-26(22)38-28;1-2-9-20(10-3-1)21-11-8-12-22(19-21)31-25-15-6-4-13-23(25)29-26(31)17-18-28-30(29)24-14-5-7-16-27(24)32-28/h1-21H;2*1-19H;1-19H/i;;;1D,2D,3D,9D,10D. The lowest BCUT2D eigenvalue weighted by molar-refractivity contribution is 0.653. The van der Waals surface area contributed by atoms with Gasteiger partial charge in [-0.15, -0.1) is 34.0 Å².